The number of H-pyrrole nitrogens is 2. The average molecular weight is 534 g/mol. The molecule has 1 saturated carbocycles. The van der Waals surface area contributed by atoms with Gasteiger partial charge < -0.3 is 10.3 Å². The van der Waals surface area contributed by atoms with Gasteiger partial charge in [-0.05, 0) is 65.4 Å². The Morgan fingerprint density at radius 3 is 2.77 bits per heavy atom. The van der Waals surface area contributed by atoms with E-state index in [1.165, 1.54) is 19.3 Å². The van der Waals surface area contributed by atoms with Gasteiger partial charge in [0.15, 0.2) is 11.5 Å². The molecule has 0 saturated heterocycles. The van der Waals surface area contributed by atoms with Crippen molar-refractivity contribution in [3.05, 3.63) is 65.6 Å². The second-order valence-electron chi connectivity index (χ2n) is 10.2. The molecule has 9 heteroatoms. The van der Waals surface area contributed by atoms with Crippen molar-refractivity contribution in [2.24, 2.45) is 5.92 Å². The number of hydrogen-bond acceptors (Lipinski definition) is 6. The van der Waals surface area contributed by atoms with Gasteiger partial charge in [0.25, 0.3) is 0 Å². The van der Waals surface area contributed by atoms with Crippen LogP contribution in [-0.4, -0.2) is 36.0 Å². The molecule has 7 rings (SSSR count). The van der Waals surface area contributed by atoms with Gasteiger partial charge in [0.2, 0.25) is 5.91 Å². The zero-order valence-corrected chi connectivity index (χ0v) is 22.1. The highest BCUT2D eigenvalue weighted by Gasteiger charge is 2.19. The number of rotatable bonds is 6. The number of benzene rings is 1. The van der Waals surface area contributed by atoms with Crippen LogP contribution < -0.4 is 5.32 Å². The van der Waals surface area contributed by atoms with Gasteiger partial charge in [0, 0.05) is 23.7 Å². The Balaban J connectivity index is 1.19. The van der Waals surface area contributed by atoms with Crippen LogP contribution in [0, 0.1) is 5.92 Å². The number of para-hydroxylation sites is 1. The molecule has 8 nitrogen and oxygen atoms in total. The zero-order chi connectivity index (χ0) is 26.2. The number of nitrogens with zero attached hydrogens (tertiary/aromatic N) is 4. The van der Waals surface area contributed by atoms with Gasteiger partial charge in [-0.3, -0.25) is 14.9 Å². The standard InChI is InChI=1S/C30H27N7OS/c38-26(13-18-5-2-1-3-6-18)32-21-14-20(15-31-16-21)23-9-10-25-28(33-23)29(37-36-25)30-34-24-8-4-7-22(27(24)35-30)19-11-12-39-17-19/h4,7-12,14-18H,1-3,5-6,13H2,(H,32,38)(H,34,35)(H,36,37). The van der Waals surface area contributed by atoms with E-state index < -0.39 is 0 Å². The van der Waals surface area contributed by atoms with Crippen molar-refractivity contribution in [2.75, 3.05) is 5.32 Å². The number of aromatic amines is 2. The van der Waals surface area contributed by atoms with Crippen molar-refractivity contribution in [3.8, 4) is 33.9 Å². The molecule has 3 N–H and O–H groups in total. The number of carbonyl (C=O) groups excluding carboxylic acids is 1. The summed E-state index contributed by atoms with van der Waals surface area (Å²) in [6.45, 7) is 0. The quantitative estimate of drug-likeness (QED) is 0.210. The number of amides is 1. The van der Waals surface area contributed by atoms with E-state index in [4.69, 9.17) is 9.97 Å². The molecule has 0 unspecified atom stereocenters. The number of aromatic nitrogens is 6. The summed E-state index contributed by atoms with van der Waals surface area (Å²) in [5, 5.41) is 14.9. The number of nitrogens with one attached hydrogen (secondary N) is 3. The number of hydrogen-bond donors (Lipinski definition) is 3. The molecule has 1 amide bonds. The van der Waals surface area contributed by atoms with Gasteiger partial charge in [-0.1, -0.05) is 31.4 Å². The summed E-state index contributed by atoms with van der Waals surface area (Å²) in [6, 6.07) is 14.1. The van der Waals surface area contributed by atoms with Crippen LogP contribution in [0.5, 0.6) is 0 Å². The fourth-order valence-corrected chi connectivity index (χ4v) is 6.19. The molecule has 5 heterocycles. The van der Waals surface area contributed by atoms with E-state index in [1.807, 2.05) is 30.3 Å². The van der Waals surface area contributed by atoms with Gasteiger partial charge in [-0.2, -0.15) is 16.4 Å². The lowest BCUT2D eigenvalue weighted by Crippen LogP contribution is -2.18. The summed E-state index contributed by atoms with van der Waals surface area (Å²) in [5.41, 5.74) is 8.52. The topological polar surface area (TPSA) is 112 Å². The van der Waals surface area contributed by atoms with Crippen LogP contribution in [0.3, 0.4) is 0 Å². The predicted octanol–water partition coefficient (Wildman–Crippen LogP) is 7.20. The lowest BCUT2D eigenvalue weighted by molar-refractivity contribution is -0.117. The molecule has 0 atom stereocenters. The Hall–Kier alpha value is -4.37. The van der Waals surface area contributed by atoms with E-state index in [2.05, 4.69) is 48.4 Å². The van der Waals surface area contributed by atoms with Gasteiger partial charge in [0.1, 0.15) is 5.52 Å². The zero-order valence-electron chi connectivity index (χ0n) is 21.3. The number of fused-ring (bicyclic) bond motifs is 2. The minimum absolute atomic E-state index is 0.0492. The molecule has 194 valence electrons. The summed E-state index contributed by atoms with van der Waals surface area (Å²) < 4.78 is 0. The monoisotopic (exact) mass is 533 g/mol. The van der Waals surface area contributed by atoms with Crippen molar-refractivity contribution in [3.63, 3.8) is 0 Å². The van der Waals surface area contributed by atoms with Gasteiger partial charge in [-0.15, -0.1) is 0 Å². The van der Waals surface area contributed by atoms with Gasteiger partial charge in [0.05, 0.1) is 34.1 Å². The Morgan fingerprint density at radius 1 is 0.974 bits per heavy atom. The second-order valence-corrected chi connectivity index (χ2v) is 11.0. The van der Waals surface area contributed by atoms with Crippen LogP contribution in [0.25, 0.3) is 56.0 Å². The summed E-state index contributed by atoms with van der Waals surface area (Å²) in [6.07, 6.45) is 10.0. The fourth-order valence-electron chi connectivity index (χ4n) is 5.53. The van der Waals surface area contributed by atoms with Gasteiger partial charge >= 0.3 is 0 Å². The molecular weight excluding hydrogens is 506 g/mol. The smallest absolute Gasteiger partial charge is 0.224 e. The molecule has 39 heavy (non-hydrogen) atoms. The van der Waals surface area contributed by atoms with E-state index in [-0.39, 0.29) is 5.91 Å². The van der Waals surface area contributed by atoms with Crippen molar-refractivity contribution in [2.45, 2.75) is 38.5 Å². The molecule has 0 bridgehead atoms. The highest BCUT2D eigenvalue weighted by atomic mass is 32.1. The fraction of sp³-hybridized carbons (Fsp3) is 0.233. The molecule has 1 aliphatic rings. The lowest BCUT2D eigenvalue weighted by Gasteiger charge is -2.20. The van der Waals surface area contributed by atoms with Crippen molar-refractivity contribution >= 4 is 45.0 Å². The normalized spacial score (nSPS) is 14.3. The molecule has 1 fully saturated rings. The first-order chi connectivity index (χ1) is 19.2. The first-order valence-electron chi connectivity index (χ1n) is 13.3. The summed E-state index contributed by atoms with van der Waals surface area (Å²) in [7, 11) is 0. The molecule has 6 aromatic rings. The lowest BCUT2D eigenvalue weighted by atomic mass is 9.87. The highest BCUT2D eigenvalue weighted by molar-refractivity contribution is 7.08. The van der Waals surface area contributed by atoms with Crippen LogP contribution in [0.15, 0.2) is 65.6 Å². The number of thiophene rings is 1. The van der Waals surface area contributed by atoms with E-state index in [0.717, 1.165) is 57.3 Å². The first-order valence-corrected chi connectivity index (χ1v) is 14.3. The largest absolute Gasteiger partial charge is 0.336 e. The van der Waals surface area contributed by atoms with E-state index in [9.17, 15) is 4.79 Å². The van der Waals surface area contributed by atoms with Crippen molar-refractivity contribution in [1.29, 1.82) is 0 Å². The Labute approximate surface area is 228 Å². The predicted molar refractivity (Wildman–Crippen MR) is 155 cm³/mol. The van der Waals surface area contributed by atoms with Crippen LogP contribution in [0.1, 0.15) is 38.5 Å². The maximum atomic E-state index is 12.7. The Morgan fingerprint density at radius 2 is 1.90 bits per heavy atom. The van der Waals surface area contributed by atoms with E-state index in [1.54, 1.807) is 23.7 Å². The minimum Gasteiger partial charge on any atom is -0.336 e. The van der Waals surface area contributed by atoms with Crippen LogP contribution in [-0.2, 0) is 4.79 Å². The minimum atomic E-state index is 0.0492. The molecular formula is C30H27N7OS. The van der Waals surface area contributed by atoms with E-state index >= 15 is 0 Å². The molecule has 1 aliphatic carbocycles. The van der Waals surface area contributed by atoms with Crippen LogP contribution in [0.2, 0.25) is 0 Å². The third-order valence-electron chi connectivity index (χ3n) is 7.49. The Kier molecular flexibility index (Phi) is 6.13. The molecule has 0 radical (unpaired) electrons. The molecule has 0 aliphatic heterocycles. The number of anilines is 1. The molecule has 1 aromatic carbocycles. The second kappa shape index (κ2) is 10.1. The van der Waals surface area contributed by atoms with Crippen molar-refractivity contribution in [1.82, 2.24) is 30.1 Å². The summed E-state index contributed by atoms with van der Waals surface area (Å²) in [5.74, 6) is 1.19. The van der Waals surface area contributed by atoms with Crippen molar-refractivity contribution < 1.29 is 4.79 Å². The third-order valence-corrected chi connectivity index (χ3v) is 8.18. The number of pyridine rings is 2. The maximum absolute atomic E-state index is 12.7. The summed E-state index contributed by atoms with van der Waals surface area (Å²) in [4.78, 5) is 30.3. The number of imidazole rings is 1. The first kappa shape index (κ1) is 23.7. The van der Waals surface area contributed by atoms with E-state index in [0.29, 0.717) is 29.5 Å². The van der Waals surface area contributed by atoms with Crippen LogP contribution in [0.4, 0.5) is 5.69 Å². The average Bonchev–Trinajstić information content (AvgIpc) is 3.73. The Bertz CT molecular complexity index is 1780. The summed E-state index contributed by atoms with van der Waals surface area (Å²) >= 11 is 1.67. The van der Waals surface area contributed by atoms with Gasteiger partial charge in [-0.25, -0.2) is 9.97 Å². The number of carbonyl (C=O) groups is 1. The third kappa shape index (κ3) is 4.70. The van der Waals surface area contributed by atoms with Crippen LogP contribution >= 0.6 is 11.3 Å². The maximum Gasteiger partial charge on any atom is 0.224 e. The SMILES string of the molecule is O=C(CC1CCCCC1)Nc1cncc(-c2ccc3[nH]nc(-c4nc5c(-c6ccsc6)cccc5[nH]4)c3n2)c1. The molecule has 5 aromatic heterocycles. The molecule has 0 spiro atoms. The highest BCUT2D eigenvalue weighted by Crippen LogP contribution is 2.33.